The van der Waals surface area contributed by atoms with Crippen LogP contribution in [0.5, 0.6) is 0 Å². The van der Waals surface area contributed by atoms with Gasteiger partial charge < -0.3 is 14.7 Å². The maximum absolute atomic E-state index is 12.1. The van der Waals surface area contributed by atoms with Crippen molar-refractivity contribution in [3.8, 4) is 0 Å². The Morgan fingerprint density at radius 3 is 2.40 bits per heavy atom. The molecule has 1 aliphatic carbocycles. The molecule has 1 saturated carbocycles. The van der Waals surface area contributed by atoms with Gasteiger partial charge in [-0.1, -0.05) is 0 Å². The van der Waals surface area contributed by atoms with Crippen molar-refractivity contribution in [2.45, 2.75) is 12.8 Å². The van der Waals surface area contributed by atoms with E-state index in [9.17, 15) is 9.59 Å². The molecule has 0 bridgehead atoms. The molecule has 108 valence electrons. The number of hydrogen-bond acceptors (Lipinski definition) is 3. The number of amides is 1. The number of ether oxygens (including phenoxy) is 1. The van der Waals surface area contributed by atoms with Crippen LogP contribution in [0.4, 0.5) is 0 Å². The highest BCUT2D eigenvalue weighted by molar-refractivity contribution is 5.95. The summed E-state index contributed by atoms with van der Waals surface area (Å²) in [6.45, 7) is 1.85. The summed E-state index contributed by atoms with van der Waals surface area (Å²) in [5.41, 5.74) is 0.664. The van der Waals surface area contributed by atoms with Crippen LogP contribution in [0.2, 0.25) is 0 Å². The van der Waals surface area contributed by atoms with E-state index in [1.54, 1.807) is 11.9 Å². The van der Waals surface area contributed by atoms with Crippen LogP contribution in [0.1, 0.15) is 33.6 Å². The predicted molar refractivity (Wildman–Crippen MR) is 73.9 cm³/mol. The van der Waals surface area contributed by atoms with Gasteiger partial charge in [0, 0.05) is 25.8 Å². The van der Waals surface area contributed by atoms with Crippen molar-refractivity contribution < 1.29 is 19.4 Å². The number of carbonyl (C=O) groups excluding carboxylic acids is 1. The lowest BCUT2D eigenvalue weighted by molar-refractivity contribution is 0.0675. The number of rotatable bonds is 7. The third-order valence-electron chi connectivity index (χ3n) is 3.35. The van der Waals surface area contributed by atoms with Gasteiger partial charge in [0.05, 0.1) is 12.2 Å². The quantitative estimate of drug-likeness (QED) is 0.773. The van der Waals surface area contributed by atoms with E-state index >= 15 is 0 Å². The molecule has 0 aromatic heterocycles. The van der Waals surface area contributed by atoms with Gasteiger partial charge in [-0.2, -0.15) is 0 Å². The fourth-order valence-corrected chi connectivity index (χ4v) is 1.81. The van der Waals surface area contributed by atoms with Crippen LogP contribution in [-0.2, 0) is 4.74 Å². The van der Waals surface area contributed by atoms with E-state index in [2.05, 4.69) is 0 Å². The van der Waals surface area contributed by atoms with Crippen molar-refractivity contribution in [3.05, 3.63) is 35.4 Å². The Bertz CT molecular complexity index is 479. The summed E-state index contributed by atoms with van der Waals surface area (Å²) in [4.78, 5) is 24.4. The summed E-state index contributed by atoms with van der Waals surface area (Å²) in [7, 11) is 1.72. The minimum absolute atomic E-state index is 0.128. The molecule has 0 saturated heterocycles. The topological polar surface area (TPSA) is 66.8 Å². The Kier molecular flexibility index (Phi) is 4.74. The molecule has 0 atom stereocenters. The fraction of sp³-hybridized carbons (Fsp3) is 0.467. The molecule has 0 heterocycles. The first kappa shape index (κ1) is 14.5. The lowest BCUT2D eigenvalue weighted by atomic mass is 10.1. The molecular weight excluding hydrogens is 258 g/mol. The highest BCUT2D eigenvalue weighted by Gasteiger charge is 2.21. The predicted octanol–water partition coefficient (Wildman–Crippen LogP) is 1.88. The largest absolute Gasteiger partial charge is 0.478 e. The van der Waals surface area contributed by atoms with Crippen molar-refractivity contribution in [3.63, 3.8) is 0 Å². The van der Waals surface area contributed by atoms with Gasteiger partial charge in [0.1, 0.15) is 0 Å². The van der Waals surface area contributed by atoms with Crippen LogP contribution < -0.4 is 0 Å². The van der Waals surface area contributed by atoms with Crippen molar-refractivity contribution in [1.82, 2.24) is 4.90 Å². The van der Waals surface area contributed by atoms with Crippen LogP contribution >= 0.6 is 0 Å². The second-order valence-corrected chi connectivity index (χ2v) is 5.13. The van der Waals surface area contributed by atoms with Gasteiger partial charge in [-0.25, -0.2) is 4.79 Å². The number of carboxylic acid groups (broad SMARTS) is 1. The Labute approximate surface area is 118 Å². The van der Waals surface area contributed by atoms with E-state index in [1.165, 1.54) is 37.1 Å². The van der Waals surface area contributed by atoms with E-state index in [0.29, 0.717) is 18.7 Å². The number of hydrogen-bond donors (Lipinski definition) is 1. The van der Waals surface area contributed by atoms with E-state index < -0.39 is 5.97 Å². The molecule has 1 aliphatic rings. The van der Waals surface area contributed by atoms with Gasteiger partial charge in [0.25, 0.3) is 5.91 Å². The van der Waals surface area contributed by atoms with Gasteiger partial charge >= 0.3 is 5.97 Å². The standard InChI is InChI=1S/C15H19NO4/c1-16(8-9-20-10-11-2-3-11)14(17)12-4-6-13(7-5-12)15(18)19/h4-7,11H,2-3,8-10H2,1H3,(H,18,19). The summed E-state index contributed by atoms with van der Waals surface area (Å²) in [5, 5.41) is 8.80. The van der Waals surface area contributed by atoms with Crippen LogP contribution in [-0.4, -0.2) is 48.7 Å². The molecule has 0 spiro atoms. The van der Waals surface area contributed by atoms with Crippen molar-refractivity contribution in [1.29, 1.82) is 0 Å². The van der Waals surface area contributed by atoms with Gasteiger partial charge in [-0.05, 0) is 43.0 Å². The van der Waals surface area contributed by atoms with E-state index in [-0.39, 0.29) is 11.5 Å². The maximum atomic E-state index is 12.1. The zero-order valence-corrected chi connectivity index (χ0v) is 11.5. The Morgan fingerprint density at radius 2 is 1.85 bits per heavy atom. The molecule has 5 heteroatoms. The zero-order valence-electron chi connectivity index (χ0n) is 11.5. The molecule has 1 fully saturated rings. The van der Waals surface area contributed by atoms with Crippen molar-refractivity contribution in [2.24, 2.45) is 5.92 Å². The van der Waals surface area contributed by atoms with Crippen LogP contribution in [0, 0.1) is 5.92 Å². The molecule has 0 radical (unpaired) electrons. The van der Waals surface area contributed by atoms with E-state index in [1.807, 2.05) is 0 Å². The molecule has 1 aromatic rings. The van der Waals surface area contributed by atoms with Crippen molar-refractivity contribution in [2.75, 3.05) is 26.8 Å². The number of aromatic carboxylic acids is 1. The SMILES string of the molecule is CN(CCOCC1CC1)C(=O)c1ccc(C(=O)O)cc1. The maximum Gasteiger partial charge on any atom is 0.335 e. The average molecular weight is 277 g/mol. The highest BCUT2D eigenvalue weighted by Crippen LogP contribution is 2.28. The summed E-state index contributed by atoms with van der Waals surface area (Å²) < 4.78 is 5.49. The van der Waals surface area contributed by atoms with Gasteiger partial charge in [-0.15, -0.1) is 0 Å². The van der Waals surface area contributed by atoms with Gasteiger partial charge in [0.2, 0.25) is 0 Å². The summed E-state index contributed by atoms with van der Waals surface area (Å²) in [5.74, 6) is -0.401. The normalized spacial score (nSPS) is 14.1. The lowest BCUT2D eigenvalue weighted by Gasteiger charge is -2.17. The van der Waals surface area contributed by atoms with E-state index in [4.69, 9.17) is 9.84 Å². The molecule has 2 rings (SSSR count). The Hall–Kier alpha value is -1.88. The first-order valence-corrected chi connectivity index (χ1v) is 6.74. The Balaban J connectivity index is 1.80. The molecule has 1 aromatic carbocycles. The minimum Gasteiger partial charge on any atom is -0.478 e. The average Bonchev–Trinajstić information content (AvgIpc) is 3.26. The summed E-state index contributed by atoms with van der Waals surface area (Å²) in [6.07, 6.45) is 2.51. The molecular formula is C15H19NO4. The minimum atomic E-state index is -0.995. The number of likely N-dealkylation sites (N-methyl/N-ethyl adjacent to an activating group) is 1. The molecule has 5 nitrogen and oxygen atoms in total. The third-order valence-corrected chi connectivity index (χ3v) is 3.35. The number of carbonyl (C=O) groups is 2. The smallest absolute Gasteiger partial charge is 0.335 e. The second-order valence-electron chi connectivity index (χ2n) is 5.13. The van der Waals surface area contributed by atoms with Crippen LogP contribution in [0.15, 0.2) is 24.3 Å². The van der Waals surface area contributed by atoms with Gasteiger partial charge in [-0.3, -0.25) is 4.79 Å². The summed E-state index contributed by atoms with van der Waals surface area (Å²) >= 11 is 0. The first-order chi connectivity index (χ1) is 9.58. The molecule has 20 heavy (non-hydrogen) atoms. The van der Waals surface area contributed by atoms with Crippen LogP contribution in [0.3, 0.4) is 0 Å². The molecule has 1 amide bonds. The summed E-state index contributed by atoms with van der Waals surface area (Å²) in [6, 6.07) is 5.95. The highest BCUT2D eigenvalue weighted by atomic mass is 16.5. The molecule has 0 unspecified atom stereocenters. The Morgan fingerprint density at radius 1 is 1.25 bits per heavy atom. The zero-order chi connectivity index (χ0) is 14.5. The van der Waals surface area contributed by atoms with E-state index in [0.717, 1.165) is 12.5 Å². The number of carboxylic acids is 1. The van der Waals surface area contributed by atoms with Crippen LogP contribution in [0.25, 0.3) is 0 Å². The number of nitrogens with zero attached hydrogens (tertiary/aromatic N) is 1. The fourth-order valence-electron chi connectivity index (χ4n) is 1.81. The third kappa shape index (κ3) is 4.06. The molecule has 0 aliphatic heterocycles. The number of benzene rings is 1. The second kappa shape index (κ2) is 6.52. The van der Waals surface area contributed by atoms with Crippen molar-refractivity contribution >= 4 is 11.9 Å². The molecule has 1 N–H and O–H groups in total. The monoisotopic (exact) mass is 277 g/mol. The van der Waals surface area contributed by atoms with Gasteiger partial charge in [0.15, 0.2) is 0 Å². The first-order valence-electron chi connectivity index (χ1n) is 6.74. The lowest BCUT2D eigenvalue weighted by Crippen LogP contribution is -2.30.